The Morgan fingerprint density at radius 2 is 1.36 bits per heavy atom. The second kappa shape index (κ2) is 7.55. The van der Waals surface area contributed by atoms with Crippen LogP contribution in [0.5, 0.6) is 0 Å². The van der Waals surface area contributed by atoms with Crippen LogP contribution in [0.25, 0.3) is 0 Å². The van der Waals surface area contributed by atoms with Crippen LogP contribution >= 0.6 is 0 Å². The van der Waals surface area contributed by atoms with E-state index in [1.165, 1.54) is 0 Å². The summed E-state index contributed by atoms with van der Waals surface area (Å²) in [5.74, 6) is 3.53. The second-order valence-corrected chi connectivity index (χ2v) is 6.45. The van der Waals surface area contributed by atoms with Gasteiger partial charge in [-0.1, -0.05) is 0 Å². The zero-order valence-corrected chi connectivity index (χ0v) is 9.20. The molecule has 6 heteroatoms. The number of hydrogen-bond acceptors (Lipinski definition) is 4. The van der Waals surface area contributed by atoms with E-state index in [2.05, 4.69) is 0 Å². The van der Waals surface area contributed by atoms with E-state index < -0.39 is 29.0 Å². The van der Waals surface area contributed by atoms with Crippen molar-refractivity contribution in [2.75, 3.05) is 17.7 Å². The molecule has 0 saturated heterocycles. The third-order valence-electron chi connectivity index (χ3n) is 0.674. The molecular weight excluding hydrogens is 228 g/mol. The third-order valence-corrected chi connectivity index (χ3v) is 2.26. The molecule has 0 amide bonds. The summed E-state index contributed by atoms with van der Waals surface area (Å²) < 4.78 is 27.6. The fourth-order valence-corrected chi connectivity index (χ4v) is 1.33. The molecule has 0 aromatic heterocycles. The number of hydrogen-bond donors (Lipinski definition) is 2. The van der Waals surface area contributed by atoms with Gasteiger partial charge in [0, 0.05) is 0 Å². The fraction of sp³-hybridized carbons (Fsp3) is 1.00. The van der Waals surface area contributed by atoms with Gasteiger partial charge in [-0.2, -0.15) is 0 Å². The maximum absolute atomic E-state index is 8.86. The van der Waals surface area contributed by atoms with E-state index in [0.717, 1.165) is 0 Å². The van der Waals surface area contributed by atoms with Crippen molar-refractivity contribution >= 4 is 0 Å². The molecule has 0 fully saturated rings. The average molecular weight is 242 g/mol. The molecule has 0 unspecified atom stereocenters. The Hall–Kier alpha value is 0.905. The van der Waals surface area contributed by atoms with Gasteiger partial charge in [-0.3, -0.25) is 0 Å². The van der Waals surface area contributed by atoms with Gasteiger partial charge in [-0.25, -0.2) is 0 Å². The van der Waals surface area contributed by atoms with E-state index in [1.807, 2.05) is 0 Å². The fourth-order valence-electron chi connectivity index (χ4n) is 0.368. The molecule has 0 heterocycles. The summed E-state index contributed by atoms with van der Waals surface area (Å²) in [6.07, 6.45) is 0. The van der Waals surface area contributed by atoms with Crippen molar-refractivity contribution in [3.63, 3.8) is 0 Å². The van der Waals surface area contributed by atoms with Crippen LogP contribution in [0.15, 0.2) is 0 Å². The molecule has 0 atom stereocenters. The predicted octanol–water partition coefficient (Wildman–Crippen LogP) is 0.0393. The molecule has 0 radical (unpaired) electrons. The summed E-state index contributed by atoms with van der Waals surface area (Å²) in [5.41, 5.74) is 0.805. The molecule has 0 aromatic carbocycles. The van der Waals surface area contributed by atoms with Gasteiger partial charge in [0.05, 0.1) is 0 Å². The van der Waals surface area contributed by atoms with Gasteiger partial charge in [0.25, 0.3) is 0 Å². The molecule has 0 spiro atoms. The topological polar surface area (TPSA) is 58.9 Å². The molecular formula is C5H14Cr2O4. The van der Waals surface area contributed by atoms with Gasteiger partial charge in [-0.05, 0) is 0 Å². The molecule has 0 aromatic rings. The first kappa shape index (κ1) is 11.9. The molecule has 2 N–H and O–H groups in total. The van der Waals surface area contributed by atoms with E-state index in [4.69, 9.17) is 17.8 Å². The summed E-state index contributed by atoms with van der Waals surface area (Å²) in [6, 6.07) is 0. The molecule has 0 aliphatic rings. The zero-order chi connectivity index (χ0) is 8.69. The minimum atomic E-state index is -1.48. The van der Waals surface area contributed by atoms with Crippen molar-refractivity contribution in [2.24, 2.45) is 0 Å². The Labute approximate surface area is 76.2 Å². The number of ether oxygens (including phenoxy) is 2. The van der Waals surface area contributed by atoms with E-state index in [1.54, 1.807) is 11.6 Å². The summed E-state index contributed by atoms with van der Waals surface area (Å²) in [6.45, 7) is 0.183. The molecule has 0 bridgehead atoms. The van der Waals surface area contributed by atoms with Crippen molar-refractivity contribution in [3.05, 3.63) is 0 Å². The van der Waals surface area contributed by atoms with Crippen LogP contribution in [-0.4, -0.2) is 26.0 Å². The van der Waals surface area contributed by atoms with E-state index in [0.29, 0.717) is 10.9 Å². The molecule has 0 aliphatic carbocycles. The normalized spacial score (nSPS) is 11.5. The molecule has 70 valence electrons. The van der Waals surface area contributed by atoms with Crippen LogP contribution in [0.4, 0.5) is 0 Å². The van der Waals surface area contributed by atoms with Crippen LogP contribution in [0.3, 0.4) is 0 Å². The Balaban J connectivity index is 2.91. The Kier molecular flexibility index (Phi) is 8.17. The van der Waals surface area contributed by atoms with E-state index in [9.17, 15) is 0 Å². The van der Waals surface area contributed by atoms with Gasteiger partial charge in [0.15, 0.2) is 0 Å². The SMILES string of the molecule is [CH3][Cr]([OH])[CH2]OCO[CH2][Cr]([CH3])[OH]. The predicted molar refractivity (Wildman–Crippen MR) is 32.9 cm³/mol. The van der Waals surface area contributed by atoms with Crippen molar-refractivity contribution in [3.8, 4) is 0 Å². The number of rotatable bonds is 6. The van der Waals surface area contributed by atoms with E-state index >= 15 is 0 Å². The summed E-state index contributed by atoms with van der Waals surface area (Å²) >= 11 is -2.96. The minimum absolute atomic E-state index is 0.183. The van der Waals surface area contributed by atoms with Gasteiger partial charge < -0.3 is 0 Å². The first-order chi connectivity index (χ1) is 5.13. The zero-order valence-electron chi connectivity index (χ0n) is 6.65. The average Bonchev–Trinajstić information content (AvgIpc) is 1.85. The van der Waals surface area contributed by atoms with Crippen LogP contribution < -0.4 is 0 Å². The van der Waals surface area contributed by atoms with Crippen LogP contribution in [-0.2, 0) is 38.4 Å². The molecule has 0 rings (SSSR count). The van der Waals surface area contributed by atoms with Crippen molar-refractivity contribution in [1.82, 2.24) is 0 Å². The Morgan fingerprint density at radius 1 is 1.00 bits per heavy atom. The van der Waals surface area contributed by atoms with E-state index in [-0.39, 0.29) is 6.79 Å². The van der Waals surface area contributed by atoms with Crippen molar-refractivity contribution in [1.29, 1.82) is 0 Å². The quantitative estimate of drug-likeness (QED) is 0.510. The summed E-state index contributed by atoms with van der Waals surface area (Å²) in [4.78, 5) is 0. The molecule has 4 nitrogen and oxygen atoms in total. The summed E-state index contributed by atoms with van der Waals surface area (Å²) in [5, 5.41) is 0. The van der Waals surface area contributed by atoms with Gasteiger partial charge in [0.2, 0.25) is 0 Å². The first-order valence-electron chi connectivity index (χ1n) is 2.91. The Bertz CT molecular complexity index is 78.6. The summed E-state index contributed by atoms with van der Waals surface area (Å²) in [7, 11) is 0. The van der Waals surface area contributed by atoms with Crippen LogP contribution in [0, 0.1) is 0 Å². The van der Waals surface area contributed by atoms with Gasteiger partial charge in [-0.15, -0.1) is 0 Å². The first-order valence-corrected chi connectivity index (χ1v) is 8.41. The molecule has 11 heavy (non-hydrogen) atoms. The van der Waals surface area contributed by atoms with Gasteiger partial charge in [0.1, 0.15) is 0 Å². The molecule has 0 aliphatic heterocycles. The monoisotopic (exact) mass is 242 g/mol. The maximum atomic E-state index is 8.86. The Morgan fingerprint density at radius 3 is 1.64 bits per heavy atom. The molecule has 0 saturated carbocycles. The third kappa shape index (κ3) is 10.9. The van der Waals surface area contributed by atoms with Crippen molar-refractivity contribution < 1.29 is 46.8 Å². The van der Waals surface area contributed by atoms with Crippen LogP contribution in [0.2, 0.25) is 11.6 Å². The second-order valence-electron chi connectivity index (χ2n) is 1.96. The van der Waals surface area contributed by atoms with Crippen molar-refractivity contribution in [2.45, 2.75) is 11.6 Å². The van der Waals surface area contributed by atoms with Crippen LogP contribution in [0.1, 0.15) is 0 Å². The van der Waals surface area contributed by atoms with Gasteiger partial charge >= 0.3 is 76.1 Å². The standard InChI is InChI=1S/C3H6O2.2CH3.2Cr.2H2O/c1-4-3-5-2;;;;;;/h1-3H2;2*1H3;;;2*1H2/q;;;2*+1;;/p-2.